The fourth-order valence-corrected chi connectivity index (χ4v) is 6.09. The lowest BCUT2D eigenvalue weighted by atomic mass is 10.0. The Kier molecular flexibility index (Phi) is 4.66. The summed E-state index contributed by atoms with van der Waals surface area (Å²) >= 11 is 0. The molecule has 198 valence electrons. The summed E-state index contributed by atoms with van der Waals surface area (Å²) in [4.78, 5) is 28.7. The van der Waals surface area contributed by atoms with Crippen molar-refractivity contribution in [3.63, 3.8) is 0 Å². The van der Waals surface area contributed by atoms with E-state index in [1.54, 1.807) is 0 Å². The maximum atomic E-state index is 6.74. The number of nitrogens with zero attached hydrogens (tertiary/aromatic N) is 6. The van der Waals surface area contributed by atoms with Crippen LogP contribution in [0.25, 0.3) is 27.2 Å². The van der Waals surface area contributed by atoms with Crippen molar-refractivity contribution in [2.45, 2.75) is 6.54 Å². The van der Waals surface area contributed by atoms with Crippen molar-refractivity contribution >= 4 is 56.4 Å². The first-order chi connectivity index (χ1) is 20.7. The molecule has 0 saturated heterocycles. The Bertz CT molecular complexity index is 2400. The van der Waals surface area contributed by atoms with Crippen LogP contribution >= 0.6 is 0 Å². The lowest BCUT2D eigenvalue weighted by Gasteiger charge is -2.13. The van der Waals surface area contributed by atoms with Crippen molar-refractivity contribution in [2.24, 2.45) is 30.7 Å². The first kappa shape index (κ1) is 22.9. The number of fused-ring (bicyclic) bond motifs is 4. The van der Waals surface area contributed by atoms with Gasteiger partial charge in [0.05, 0.1) is 5.70 Å². The molecule has 4 aromatic carbocycles. The summed E-state index contributed by atoms with van der Waals surface area (Å²) in [5.74, 6) is 2.92. The van der Waals surface area contributed by atoms with Crippen LogP contribution in [0.4, 0.5) is 11.6 Å². The third-order valence-electron chi connectivity index (χ3n) is 8.05. The van der Waals surface area contributed by atoms with E-state index in [4.69, 9.17) is 30.7 Å². The summed E-state index contributed by atoms with van der Waals surface area (Å²) in [6.45, 7) is 0.604. The molecule has 8 heteroatoms. The fourth-order valence-electron chi connectivity index (χ4n) is 6.09. The van der Waals surface area contributed by atoms with Gasteiger partial charge in [0, 0.05) is 50.3 Å². The summed E-state index contributed by atoms with van der Waals surface area (Å²) in [5.41, 5.74) is 12.9. The van der Waals surface area contributed by atoms with Crippen LogP contribution in [-0.2, 0) is 6.54 Å². The van der Waals surface area contributed by atoms with Crippen molar-refractivity contribution in [3.05, 3.63) is 136 Å². The standard InChI is InChI=1S/C34H22N8/c35-28-20-10-2-1-9-19(20)27-17-18-42-33(36-27)25-15-7-8-16-26(25)34(42)41-32-24-14-6-5-13-23(24)31(40-32)39-30-22-12-4-3-11-21(22)29(37-28)38-30/h1-17,38H,18H2,(H2,35,37). The van der Waals surface area contributed by atoms with Gasteiger partial charge in [0.25, 0.3) is 0 Å². The highest BCUT2D eigenvalue weighted by Crippen LogP contribution is 2.36. The zero-order valence-electron chi connectivity index (χ0n) is 22.3. The molecule has 0 radical (unpaired) electrons. The number of nitrogens with one attached hydrogen (secondary N) is 1. The van der Waals surface area contributed by atoms with Gasteiger partial charge < -0.3 is 15.3 Å². The molecular formula is C34H22N8. The molecule has 4 aliphatic rings. The average Bonchev–Trinajstić information content (AvgIpc) is 3.67. The fraction of sp³-hybridized carbons (Fsp3) is 0.0294. The Morgan fingerprint density at radius 3 is 1.74 bits per heavy atom. The molecule has 0 saturated carbocycles. The molecule has 6 aromatic rings. The topological polar surface area (TPSA) is 109 Å². The number of nitrogens with two attached hydrogens (primary N) is 1. The molecule has 0 unspecified atom stereocenters. The predicted octanol–water partition coefficient (Wildman–Crippen LogP) is 5.31. The van der Waals surface area contributed by atoms with E-state index < -0.39 is 0 Å². The zero-order chi connectivity index (χ0) is 27.8. The minimum Gasteiger partial charge on any atom is -0.383 e. The van der Waals surface area contributed by atoms with Gasteiger partial charge in [0.1, 0.15) is 28.4 Å². The Morgan fingerprint density at radius 1 is 0.524 bits per heavy atom. The second-order valence-electron chi connectivity index (χ2n) is 10.4. The number of allylic oxidation sites excluding steroid dienone is 1. The summed E-state index contributed by atoms with van der Waals surface area (Å²) in [6.07, 6.45) is 2.12. The van der Waals surface area contributed by atoms with E-state index in [-0.39, 0.29) is 0 Å². The van der Waals surface area contributed by atoms with Gasteiger partial charge in [-0.15, -0.1) is 0 Å². The van der Waals surface area contributed by atoms with E-state index >= 15 is 0 Å². The number of aromatic nitrogens is 2. The number of rotatable bonds is 0. The molecular weight excluding hydrogens is 520 g/mol. The van der Waals surface area contributed by atoms with Crippen LogP contribution in [-0.4, -0.2) is 27.1 Å². The lowest BCUT2D eigenvalue weighted by Crippen LogP contribution is -2.30. The normalized spacial score (nSPS) is 15.1. The molecule has 0 fully saturated rings. The molecule has 4 aliphatic heterocycles. The quantitative estimate of drug-likeness (QED) is 0.267. The van der Waals surface area contributed by atoms with E-state index in [0.717, 1.165) is 60.5 Å². The third-order valence-corrected chi connectivity index (χ3v) is 8.05. The minimum atomic E-state index is 0.394. The van der Waals surface area contributed by atoms with Gasteiger partial charge >= 0.3 is 0 Å². The Morgan fingerprint density at radius 2 is 1.05 bits per heavy atom. The van der Waals surface area contributed by atoms with Crippen molar-refractivity contribution < 1.29 is 0 Å². The summed E-state index contributed by atoms with van der Waals surface area (Å²) in [7, 11) is 0. The molecule has 8 nitrogen and oxygen atoms in total. The molecule has 8 bridgehead atoms. The highest BCUT2D eigenvalue weighted by molar-refractivity contribution is 6.23. The molecule has 2 aromatic heterocycles. The number of benzene rings is 4. The van der Waals surface area contributed by atoms with E-state index in [9.17, 15) is 0 Å². The number of hydrogen-bond acceptors (Lipinski definition) is 6. The molecule has 6 heterocycles. The maximum Gasteiger partial charge on any atom is 0.164 e. The second kappa shape index (κ2) is 8.55. The van der Waals surface area contributed by atoms with Gasteiger partial charge in [0.2, 0.25) is 0 Å². The monoisotopic (exact) mass is 542 g/mol. The van der Waals surface area contributed by atoms with E-state index in [1.807, 2.05) is 84.9 Å². The highest BCUT2D eigenvalue weighted by atomic mass is 15.1. The molecule has 0 atom stereocenters. The van der Waals surface area contributed by atoms with Crippen LogP contribution in [0.2, 0.25) is 0 Å². The second-order valence-corrected chi connectivity index (χ2v) is 10.4. The van der Waals surface area contributed by atoms with Crippen LogP contribution in [0.1, 0.15) is 22.3 Å². The number of amidine groups is 3. The number of aromatic amines is 1. The average molecular weight is 543 g/mol. The molecule has 10 rings (SSSR count). The van der Waals surface area contributed by atoms with E-state index in [0.29, 0.717) is 35.7 Å². The van der Waals surface area contributed by atoms with Gasteiger partial charge in [-0.25, -0.2) is 25.0 Å². The molecule has 3 N–H and O–H groups in total. The van der Waals surface area contributed by atoms with Crippen molar-refractivity contribution in [1.82, 2.24) is 9.55 Å². The van der Waals surface area contributed by atoms with Crippen LogP contribution in [0.5, 0.6) is 0 Å². The number of aliphatic imine (C=N–C) groups is 3. The summed E-state index contributed by atoms with van der Waals surface area (Å²) < 4.78 is 2.15. The van der Waals surface area contributed by atoms with Gasteiger partial charge in [-0.2, -0.15) is 0 Å². The molecule has 0 aliphatic carbocycles. The Hall–Kier alpha value is -5.89. The van der Waals surface area contributed by atoms with Crippen molar-refractivity contribution in [2.75, 3.05) is 0 Å². The lowest BCUT2D eigenvalue weighted by molar-refractivity contribution is 0.733. The van der Waals surface area contributed by atoms with Gasteiger partial charge in [0.15, 0.2) is 11.7 Å². The van der Waals surface area contributed by atoms with Crippen LogP contribution < -0.4 is 16.7 Å². The van der Waals surface area contributed by atoms with Crippen molar-refractivity contribution in [3.8, 4) is 0 Å². The largest absolute Gasteiger partial charge is 0.383 e. The third kappa shape index (κ3) is 3.26. The first-order valence-electron chi connectivity index (χ1n) is 13.8. The van der Waals surface area contributed by atoms with Crippen LogP contribution in [0.15, 0.2) is 128 Å². The van der Waals surface area contributed by atoms with Crippen molar-refractivity contribution in [1.29, 1.82) is 0 Å². The number of hydrogen-bond donors (Lipinski definition) is 2. The SMILES string of the molecule is NC1=Nc2[nH]c(c3ccccc23)N=C2N=C(N=c3c4ccccc4c4n3CC=C(N=4)c3ccccc31)c1ccccc12. The predicted molar refractivity (Wildman–Crippen MR) is 167 cm³/mol. The highest BCUT2D eigenvalue weighted by Gasteiger charge is 2.24. The molecule has 42 heavy (non-hydrogen) atoms. The smallest absolute Gasteiger partial charge is 0.164 e. The Labute approximate surface area is 239 Å². The first-order valence-corrected chi connectivity index (χ1v) is 13.8. The molecule has 0 spiro atoms. The van der Waals surface area contributed by atoms with Gasteiger partial charge in [-0.3, -0.25) is 0 Å². The summed E-state index contributed by atoms with van der Waals surface area (Å²) in [5, 5.41) is 3.92. The number of H-pyrrole nitrogens is 1. The van der Waals surface area contributed by atoms with Gasteiger partial charge in [-0.05, 0) is 6.08 Å². The Balaban J connectivity index is 1.43. The van der Waals surface area contributed by atoms with E-state index in [2.05, 4.69) is 27.8 Å². The summed E-state index contributed by atoms with van der Waals surface area (Å²) in [6, 6.07) is 32.4. The van der Waals surface area contributed by atoms with Crippen LogP contribution in [0.3, 0.4) is 0 Å². The van der Waals surface area contributed by atoms with E-state index in [1.165, 1.54) is 0 Å². The maximum absolute atomic E-state index is 6.74. The van der Waals surface area contributed by atoms with Gasteiger partial charge in [-0.1, -0.05) is 97.1 Å². The zero-order valence-corrected chi connectivity index (χ0v) is 22.3. The minimum absolute atomic E-state index is 0.394. The molecule has 0 amide bonds. The van der Waals surface area contributed by atoms with Crippen LogP contribution in [0, 0.1) is 0 Å².